The molecule has 0 spiro atoms. The second kappa shape index (κ2) is 4.92. The summed E-state index contributed by atoms with van der Waals surface area (Å²) in [5, 5.41) is 35.1. The Morgan fingerprint density at radius 1 is 1.43 bits per heavy atom. The van der Waals surface area contributed by atoms with Gasteiger partial charge in [0.05, 0.1) is 6.61 Å². The van der Waals surface area contributed by atoms with E-state index in [0.29, 0.717) is 5.70 Å². The molecule has 21 heavy (non-hydrogen) atoms. The quantitative estimate of drug-likeness (QED) is 0.576. The maximum Gasteiger partial charge on any atom is 0.252 e. The van der Waals surface area contributed by atoms with Crippen molar-refractivity contribution in [1.29, 1.82) is 0 Å². The zero-order valence-electron chi connectivity index (χ0n) is 11.9. The summed E-state index contributed by atoms with van der Waals surface area (Å²) in [7, 11) is 1.80. The van der Waals surface area contributed by atoms with Gasteiger partial charge in [0.15, 0.2) is 5.69 Å². The van der Waals surface area contributed by atoms with E-state index in [1.54, 1.807) is 29.1 Å². The summed E-state index contributed by atoms with van der Waals surface area (Å²) in [5.74, 6) is 0.755. The number of hydrogen-bond acceptors (Lipinski definition) is 6. The van der Waals surface area contributed by atoms with Gasteiger partial charge in [-0.2, -0.15) is 4.57 Å². The Kier molecular flexibility index (Phi) is 3.33. The molecule has 4 unspecified atom stereocenters. The van der Waals surface area contributed by atoms with Crippen LogP contribution in [0, 0.1) is 0 Å². The number of hydrogen-bond donors (Lipinski definition) is 3. The van der Waals surface area contributed by atoms with Gasteiger partial charge < -0.3 is 20.1 Å². The number of aromatic nitrogens is 2. The van der Waals surface area contributed by atoms with Crippen LogP contribution >= 0.6 is 0 Å². The predicted molar refractivity (Wildman–Crippen MR) is 72.9 cm³/mol. The van der Waals surface area contributed by atoms with Crippen molar-refractivity contribution in [3.05, 3.63) is 24.8 Å². The number of aliphatic hydroxyl groups is 3. The summed E-state index contributed by atoms with van der Waals surface area (Å²) < 4.78 is 9.00. The second-order valence-corrected chi connectivity index (χ2v) is 5.29. The van der Waals surface area contributed by atoms with Gasteiger partial charge in [-0.05, 0) is 0 Å². The molecule has 3 heterocycles. The topological polar surface area (TPSA) is 94.3 Å². The average Bonchev–Trinajstić information content (AvgIpc) is 3.00. The van der Waals surface area contributed by atoms with Crippen molar-refractivity contribution in [2.45, 2.75) is 31.5 Å². The minimum absolute atomic E-state index is 0.348. The number of fused-ring (bicyclic) bond motifs is 1. The molecule has 0 radical (unpaired) electrons. The summed E-state index contributed by atoms with van der Waals surface area (Å²) in [6.45, 7) is 5.47. The molecule has 0 aromatic carbocycles. The van der Waals surface area contributed by atoms with Crippen LogP contribution in [0.1, 0.15) is 18.8 Å². The van der Waals surface area contributed by atoms with Crippen molar-refractivity contribution >= 4 is 11.5 Å². The molecule has 0 amide bonds. The van der Waals surface area contributed by atoms with Crippen LogP contribution in [0.5, 0.6) is 0 Å². The molecule has 0 bridgehead atoms. The van der Waals surface area contributed by atoms with Crippen molar-refractivity contribution in [1.82, 2.24) is 9.58 Å². The van der Waals surface area contributed by atoms with E-state index in [2.05, 4.69) is 11.7 Å². The molecule has 0 aliphatic carbocycles. The maximum absolute atomic E-state index is 10.1. The molecular formula is C13H19N4O4+. The molecule has 3 rings (SSSR count). The van der Waals surface area contributed by atoms with Crippen LogP contribution in [0.2, 0.25) is 0 Å². The number of rotatable bonds is 2. The van der Waals surface area contributed by atoms with Crippen molar-refractivity contribution in [2.75, 3.05) is 13.7 Å². The lowest BCUT2D eigenvalue weighted by atomic mass is 10.1. The summed E-state index contributed by atoms with van der Waals surface area (Å²) in [4.78, 5) is 0. The molecule has 114 valence electrons. The Morgan fingerprint density at radius 2 is 2.14 bits per heavy atom. The zero-order chi connectivity index (χ0) is 15.3. The fourth-order valence-corrected chi connectivity index (χ4v) is 2.66. The molecule has 1 aromatic rings. The van der Waals surface area contributed by atoms with Gasteiger partial charge in [-0.1, -0.05) is 6.58 Å². The first kappa shape index (κ1) is 14.2. The van der Waals surface area contributed by atoms with Gasteiger partial charge in [0.25, 0.3) is 6.33 Å². The Balaban J connectivity index is 1.96. The highest BCUT2D eigenvalue weighted by Crippen LogP contribution is 2.27. The third kappa shape index (κ3) is 2.07. The van der Waals surface area contributed by atoms with Gasteiger partial charge in [0.1, 0.15) is 30.2 Å². The summed E-state index contributed by atoms with van der Waals surface area (Å²) in [6.07, 6.45) is -0.287. The van der Waals surface area contributed by atoms with Gasteiger partial charge in [0.2, 0.25) is 12.1 Å². The number of nitrogens with zero attached hydrogens (tertiary/aromatic N) is 4. The lowest BCUT2D eigenvalue weighted by molar-refractivity contribution is -0.765. The van der Waals surface area contributed by atoms with E-state index in [-0.39, 0.29) is 6.61 Å². The average molecular weight is 295 g/mol. The van der Waals surface area contributed by atoms with Gasteiger partial charge in [-0.25, -0.2) is 4.57 Å². The predicted octanol–water partition coefficient (Wildman–Crippen LogP) is -1.52. The van der Waals surface area contributed by atoms with Crippen LogP contribution < -0.4 is 4.57 Å². The highest BCUT2D eigenvalue weighted by Gasteiger charge is 2.46. The lowest BCUT2D eigenvalue weighted by Crippen LogP contribution is -2.45. The fraction of sp³-hybridized carbons (Fsp3) is 0.538. The molecule has 1 saturated heterocycles. The number of imidazole rings is 1. The first-order chi connectivity index (χ1) is 9.93. The fourth-order valence-electron chi connectivity index (χ4n) is 2.66. The number of aliphatic hydroxyl groups excluding tert-OH is 3. The Hall–Kier alpha value is -1.74. The Labute approximate surface area is 121 Å². The normalized spacial score (nSPS) is 32.3. The van der Waals surface area contributed by atoms with E-state index in [9.17, 15) is 10.2 Å². The van der Waals surface area contributed by atoms with Gasteiger partial charge in [-0.15, -0.1) is 5.10 Å². The van der Waals surface area contributed by atoms with Gasteiger partial charge in [0, 0.05) is 14.0 Å². The van der Waals surface area contributed by atoms with E-state index in [1.807, 2.05) is 11.5 Å². The molecular weight excluding hydrogens is 276 g/mol. The first-order valence-electron chi connectivity index (χ1n) is 6.68. The van der Waals surface area contributed by atoms with Crippen LogP contribution in [0.4, 0.5) is 0 Å². The van der Waals surface area contributed by atoms with E-state index in [1.165, 1.54) is 0 Å². The second-order valence-electron chi connectivity index (χ2n) is 5.29. The monoisotopic (exact) mass is 295 g/mol. The molecule has 8 nitrogen and oxygen atoms in total. The Morgan fingerprint density at radius 3 is 2.76 bits per heavy atom. The smallest absolute Gasteiger partial charge is 0.252 e. The number of ether oxygens (including phenoxy) is 1. The molecule has 3 N–H and O–H groups in total. The first-order valence-corrected chi connectivity index (χ1v) is 6.68. The third-order valence-electron chi connectivity index (χ3n) is 3.92. The molecule has 2 aliphatic rings. The van der Waals surface area contributed by atoms with Crippen LogP contribution in [-0.4, -0.2) is 62.7 Å². The largest absolute Gasteiger partial charge is 0.394 e. The standard InChI is InChI=1S/C13H19N4O4/c1-7-9-4-16(6-17(9)8(2)14-15(7)3)13-12(20)11(19)10(5-18)21-13/h4,6,10-13,18-20H,1,5H2,2-3H3/q+1. The zero-order valence-corrected chi connectivity index (χ0v) is 11.9. The lowest BCUT2D eigenvalue weighted by Gasteiger charge is -2.18. The van der Waals surface area contributed by atoms with Gasteiger partial charge in [-0.3, -0.25) is 5.01 Å². The number of hydrazone groups is 1. The third-order valence-corrected chi connectivity index (χ3v) is 3.92. The highest BCUT2D eigenvalue weighted by atomic mass is 16.6. The molecule has 0 saturated carbocycles. The molecule has 1 fully saturated rings. The van der Waals surface area contributed by atoms with E-state index in [0.717, 1.165) is 11.5 Å². The summed E-state index contributed by atoms with van der Waals surface area (Å²) >= 11 is 0. The van der Waals surface area contributed by atoms with Crippen molar-refractivity contribution in [2.24, 2.45) is 5.10 Å². The van der Waals surface area contributed by atoms with Crippen LogP contribution in [0.15, 0.2) is 24.2 Å². The minimum atomic E-state index is -1.12. The van der Waals surface area contributed by atoms with Crippen LogP contribution in [0.25, 0.3) is 5.70 Å². The molecule has 2 aliphatic heterocycles. The van der Waals surface area contributed by atoms with Crippen LogP contribution in [-0.2, 0) is 4.74 Å². The highest BCUT2D eigenvalue weighted by molar-refractivity contribution is 5.87. The summed E-state index contributed by atoms with van der Waals surface area (Å²) in [5.41, 5.74) is 1.54. The molecule has 4 atom stereocenters. The summed E-state index contributed by atoms with van der Waals surface area (Å²) in [6, 6.07) is 0. The SMILES string of the molecule is C=C1c2c[n+](C3OC(CO)C(O)C3O)cn2C(C)=NN1C. The Bertz CT molecular complexity index is 611. The molecule has 8 heteroatoms. The van der Waals surface area contributed by atoms with E-state index in [4.69, 9.17) is 9.84 Å². The van der Waals surface area contributed by atoms with Crippen LogP contribution in [0.3, 0.4) is 0 Å². The van der Waals surface area contributed by atoms with Crippen molar-refractivity contribution in [3.63, 3.8) is 0 Å². The van der Waals surface area contributed by atoms with Crippen molar-refractivity contribution < 1.29 is 24.6 Å². The van der Waals surface area contributed by atoms with Crippen molar-refractivity contribution in [3.8, 4) is 0 Å². The van der Waals surface area contributed by atoms with Gasteiger partial charge >= 0.3 is 0 Å². The van der Waals surface area contributed by atoms with E-state index < -0.39 is 24.5 Å². The maximum atomic E-state index is 10.1. The molecule has 1 aromatic heterocycles. The van der Waals surface area contributed by atoms with E-state index >= 15 is 0 Å². The minimum Gasteiger partial charge on any atom is -0.394 e.